The fourth-order valence-electron chi connectivity index (χ4n) is 6.27. The molecule has 2 heteroatoms. The molecule has 1 aromatic carbocycles. The Balaban J connectivity index is 1.59. The third-order valence-electron chi connectivity index (χ3n) is 8.14. The van der Waals surface area contributed by atoms with Crippen molar-refractivity contribution in [3.05, 3.63) is 35.4 Å². The van der Waals surface area contributed by atoms with E-state index in [9.17, 15) is 9.90 Å². The highest BCUT2D eigenvalue weighted by Gasteiger charge is 2.39. The van der Waals surface area contributed by atoms with Crippen molar-refractivity contribution in [3.63, 3.8) is 0 Å². The van der Waals surface area contributed by atoms with Gasteiger partial charge in [-0.15, -0.1) is 0 Å². The molecule has 0 bridgehead atoms. The molecule has 0 heterocycles. The van der Waals surface area contributed by atoms with E-state index in [-0.39, 0.29) is 5.92 Å². The van der Waals surface area contributed by atoms with Crippen LogP contribution in [0.3, 0.4) is 0 Å². The lowest BCUT2D eigenvalue weighted by Crippen LogP contribution is -2.35. The Labute approximate surface area is 178 Å². The minimum atomic E-state index is -0.577. The van der Waals surface area contributed by atoms with E-state index < -0.39 is 5.97 Å². The summed E-state index contributed by atoms with van der Waals surface area (Å²) in [6.45, 7) is 4.60. The van der Waals surface area contributed by atoms with Gasteiger partial charge in [0.2, 0.25) is 0 Å². The molecule has 0 atom stereocenters. The molecular weight excluding hydrogens is 356 g/mol. The van der Waals surface area contributed by atoms with Crippen LogP contribution in [0.25, 0.3) is 0 Å². The van der Waals surface area contributed by atoms with Gasteiger partial charge in [-0.05, 0) is 99.0 Å². The lowest BCUT2D eigenvalue weighted by molar-refractivity contribution is -0.143. The first-order chi connectivity index (χ1) is 14.1. The minimum Gasteiger partial charge on any atom is -0.481 e. The van der Waals surface area contributed by atoms with Crippen LogP contribution in [0, 0.1) is 17.8 Å². The summed E-state index contributed by atoms with van der Waals surface area (Å²) in [4.78, 5) is 11.2. The SMILES string of the molecule is CCCCCc1ccc(C2(CCC)CCC(C3CCC(C(=O)O)CC3)CC2)cc1. The number of hydrogen-bond donors (Lipinski definition) is 1. The average Bonchev–Trinajstić information content (AvgIpc) is 2.75. The first kappa shape index (κ1) is 22.4. The highest BCUT2D eigenvalue weighted by atomic mass is 16.4. The number of aryl methyl sites for hydroxylation is 1. The monoisotopic (exact) mass is 398 g/mol. The second-order valence-corrected chi connectivity index (χ2v) is 9.97. The molecule has 3 rings (SSSR count). The number of aliphatic carboxylic acids is 1. The zero-order valence-corrected chi connectivity index (χ0v) is 18.8. The summed E-state index contributed by atoms with van der Waals surface area (Å²) >= 11 is 0. The van der Waals surface area contributed by atoms with Gasteiger partial charge < -0.3 is 5.11 Å². The normalized spacial score (nSPS) is 30.2. The number of hydrogen-bond acceptors (Lipinski definition) is 1. The molecular formula is C27H42O2. The Morgan fingerprint density at radius 3 is 2.07 bits per heavy atom. The summed E-state index contributed by atoms with van der Waals surface area (Å²) in [5, 5.41) is 9.27. The smallest absolute Gasteiger partial charge is 0.306 e. The molecule has 29 heavy (non-hydrogen) atoms. The predicted molar refractivity (Wildman–Crippen MR) is 121 cm³/mol. The van der Waals surface area contributed by atoms with E-state index in [1.165, 1.54) is 69.8 Å². The van der Waals surface area contributed by atoms with E-state index >= 15 is 0 Å². The van der Waals surface area contributed by atoms with E-state index in [2.05, 4.69) is 38.1 Å². The fourth-order valence-corrected chi connectivity index (χ4v) is 6.27. The molecule has 162 valence electrons. The Morgan fingerprint density at radius 2 is 1.52 bits per heavy atom. The molecule has 0 saturated heterocycles. The first-order valence-corrected chi connectivity index (χ1v) is 12.4. The molecule has 0 amide bonds. The topological polar surface area (TPSA) is 37.3 Å². The van der Waals surface area contributed by atoms with Crippen LogP contribution in [-0.4, -0.2) is 11.1 Å². The Hall–Kier alpha value is -1.31. The molecule has 1 aromatic rings. The van der Waals surface area contributed by atoms with Crippen molar-refractivity contribution >= 4 is 5.97 Å². The predicted octanol–water partition coefficient (Wildman–Crippen LogP) is 7.54. The number of carbonyl (C=O) groups is 1. The molecule has 1 N–H and O–H groups in total. The molecule has 0 radical (unpaired) electrons. The Kier molecular flexibility index (Phi) is 8.21. The van der Waals surface area contributed by atoms with Gasteiger partial charge in [0.1, 0.15) is 0 Å². The van der Waals surface area contributed by atoms with E-state index in [0.29, 0.717) is 5.41 Å². The van der Waals surface area contributed by atoms with E-state index in [0.717, 1.165) is 37.5 Å². The number of unbranched alkanes of at least 4 members (excludes halogenated alkanes) is 2. The second kappa shape index (κ2) is 10.6. The first-order valence-electron chi connectivity index (χ1n) is 12.4. The molecule has 0 aliphatic heterocycles. The molecule has 0 spiro atoms. The quantitative estimate of drug-likeness (QED) is 0.436. The van der Waals surface area contributed by atoms with E-state index in [1.807, 2.05) is 0 Å². The van der Waals surface area contributed by atoms with Crippen LogP contribution in [0.2, 0.25) is 0 Å². The summed E-state index contributed by atoms with van der Waals surface area (Å²) in [5.41, 5.74) is 3.45. The zero-order valence-electron chi connectivity index (χ0n) is 18.8. The minimum absolute atomic E-state index is 0.0788. The van der Waals surface area contributed by atoms with Gasteiger partial charge in [0.05, 0.1) is 5.92 Å². The summed E-state index contributed by atoms with van der Waals surface area (Å²) < 4.78 is 0. The maximum atomic E-state index is 11.2. The van der Waals surface area contributed by atoms with E-state index in [1.54, 1.807) is 5.56 Å². The molecule has 0 aromatic heterocycles. The lowest BCUT2D eigenvalue weighted by Gasteiger charge is -2.44. The number of carboxylic acid groups (broad SMARTS) is 1. The lowest BCUT2D eigenvalue weighted by atomic mass is 9.61. The van der Waals surface area contributed by atoms with Crippen LogP contribution in [-0.2, 0) is 16.6 Å². The summed E-state index contributed by atoms with van der Waals surface area (Å²) in [6.07, 6.45) is 17.1. The van der Waals surface area contributed by atoms with Gasteiger partial charge in [-0.3, -0.25) is 4.79 Å². The molecule has 2 saturated carbocycles. The zero-order chi connectivity index (χ0) is 20.7. The third kappa shape index (κ3) is 5.64. The molecule has 0 unspecified atom stereocenters. The maximum absolute atomic E-state index is 11.2. The van der Waals surface area contributed by atoms with Crippen LogP contribution in [0.5, 0.6) is 0 Å². The van der Waals surface area contributed by atoms with Crippen molar-refractivity contribution in [1.29, 1.82) is 0 Å². The maximum Gasteiger partial charge on any atom is 0.306 e. The van der Waals surface area contributed by atoms with Crippen molar-refractivity contribution in [3.8, 4) is 0 Å². The van der Waals surface area contributed by atoms with Crippen molar-refractivity contribution in [1.82, 2.24) is 0 Å². The van der Waals surface area contributed by atoms with Gasteiger partial charge in [0.15, 0.2) is 0 Å². The number of carboxylic acids is 1. The number of benzene rings is 1. The van der Waals surface area contributed by atoms with Gasteiger partial charge in [-0.2, -0.15) is 0 Å². The fraction of sp³-hybridized carbons (Fsp3) is 0.741. The van der Waals surface area contributed by atoms with Crippen molar-refractivity contribution in [2.24, 2.45) is 17.8 Å². The molecule has 2 aliphatic rings. The molecule has 2 aliphatic carbocycles. The second-order valence-electron chi connectivity index (χ2n) is 9.97. The standard InChI is InChI=1S/C27H42O2/c1-3-5-6-7-21-8-14-25(15-9-21)27(18-4-2)19-16-23(17-20-27)22-10-12-24(13-11-22)26(28)29/h8-9,14-15,22-24H,3-7,10-13,16-20H2,1-2H3,(H,28,29). The Bertz CT molecular complexity index is 616. The van der Waals surface area contributed by atoms with Crippen molar-refractivity contribution in [2.75, 3.05) is 0 Å². The molecule has 2 nitrogen and oxygen atoms in total. The van der Waals surface area contributed by atoms with Gasteiger partial charge in [-0.1, -0.05) is 57.4 Å². The van der Waals surface area contributed by atoms with Gasteiger partial charge >= 0.3 is 5.97 Å². The van der Waals surface area contributed by atoms with Crippen LogP contribution >= 0.6 is 0 Å². The van der Waals surface area contributed by atoms with E-state index in [4.69, 9.17) is 0 Å². The van der Waals surface area contributed by atoms with Gasteiger partial charge in [0.25, 0.3) is 0 Å². The third-order valence-corrected chi connectivity index (χ3v) is 8.14. The van der Waals surface area contributed by atoms with Crippen molar-refractivity contribution < 1.29 is 9.90 Å². The summed E-state index contributed by atoms with van der Waals surface area (Å²) in [5.74, 6) is 0.936. The average molecular weight is 399 g/mol. The van der Waals surface area contributed by atoms with Crippen LogP contribution in [0.15, 0.2) is 24.3 Å². The Morgan fingerprint density at radius 1 is 0.897 bits per heavy atom. The van der Waals surface area contributed by atoms with Crippen LogP contribution in [0.4, 0.5) is 0 Å². The number of rotatable bonds is 9. The summed E-state index contributed by atoms with van der Waals surface area (Å²) in [7, 11) is 0. The van der Waals surface area contributed by atoms with Crippen LogP contribution < -0.4 is 0 Å². The van der Waals surface area contributed by atoms with Gasteiger partial charge in [-0.25, -0.2) is 0 Å². The highest BCUT2D eigenvalue weighted by molar-refractivity contribution is 5.69. The van der Waals surface area contributed by atoms with Gasteiger partial charge in [0, 0.05) is 0 Å². The van der Waals surface area contributed by atoms with Crippen molar-refractivity contribution in [2.45, 2.75) is 109 Å². The highest BCUT2D eigenvalue weighted by Crippen LogP contribution is 2.49. The molecule has 2 fully saturated rings. The largest absolute Gasteiger partial charge is 0.481 e. The summed E-state index contributed by atoms with van der Waals surface area (Å²) in [6, 6.07) is 9.66. The van der Waals surface area contributed by atoms with Crippen LogP contribution in [0.1, 0.15) is 108 Å².